The molecular weight excluding hydrogens is 619 g/mol. The second-order valence-corrected chi connectivity index (χ2v) is 21.6. The van der Waals surface area contributed by atoms with Gasteiger partial charge in [-0.15, -0.1) is 0 Å². The lowest BCUT2D eigenvalue weighted by Crippen LogP contribution is -2.31. The molecule has 0 fully saturated rings. The molecule has 0 aliphatic carbocycles. The van der Waals surface area contributed by atoms with Crippen LogP contribution in [-0.4, -0.2) is 0 Å². The van der Waals surface area contributed by atoms with Crippen LogP contribution < -0.4 is 13.6 Å². The van der Waals surface area contributed by atoms with E-state index in [9.17, 15) is 0 Å². The van der Waals surface area contributed by atoms with E-state index in [1.807, 2.05) is 0 Å². The van der Waals surface area contributed by atoms with E-state index in [0.717, 1.165) is 17.2 Å². The molecule has 49 heavy (non-hydrogen) atoms. The van der Waals surface area contributed by atoms with Crippen LogP contribution in [0.15, 0.2) is 72.8 Å². The lowest BCUT2D eigenvalue weighted by Gasteiger charge is -2.42. The zero-order valence-corrected chi connectivity index (χ0v) is 35.2. The van der Waals surface area contributed by atoms with Crippen molar-refractivity contribution in [3.05, 3.63) is 89.5 Å². The number of rotatable bonds is 9. The molecule has 0 bridgehead atoms. The molecule has 4 heteroatoms. The van der Waals surface area contributed by atoms with E-state index in [2.05, 4.69) is 197 Å². The Kier molecular flexibility index (Phi) is 12.2. The minimum Gasteiger partial charge on any atom is -0.408 e. The van der Waals surface area contributed by atoms with E-state index < -0.39 is 8.60 Å². The highest BCUT2D eigenvalue weighted by Gasteiger charge is 2.42. The van der Waals surface area contributed by atoms with Crippen molar-refractivity contribution in [3.63, 3.8) is 0 Å². The first-order valence-corrected chi connectivity index (χ1v) is 19.3. The van der Waals surface area contributed by atoms with E-state index in [0.29, 0.717) is 0 Å². The highest BCUT2D eigenvalue weighted by atomic mass is 31.2. The van der Waals surface area contributed by atoms with Crippen molar-refractivity contribution in [2.24, 2.45) is 32.5 Å². The first-order valence-electron chi connectivity index (χ1n) is 18.2. The molecule has 3 aromatic rings. The van der Waals surface area contributed by atoms with Crippen molar-refractivity contribution < 1.29 is 13.6 Å². The third-order valence-electron chi connectivity index (χ3n) is 9.40. The van der Waals surface area contributed by atoms with Gasteiger partial charge in [0.05, 0.1) is 0 Å². The maximum absolute atomic E-state index is 7.06. The van der Waals surface area contributed by atoms with Gasteiger partial charge in [0.15, 0.2) is 0 Å². The van der Waals surface area contributed by atoms with Crippen LogP contribution in [0.4, 0.5) is 0 Å². The molecule has 3 aromatic carbocycles. The minimum absolute atomic E-state index is 0.000655. The van der Waals surface area contributed by atoms with Gasteiger partial charge in [-0.2, -0.15) is 0 Å². The van der Waals surface area contributed by atoms with Crippen molar-refractivity contribution in [2.75, 3.05) is 0 Å². The van der Waals surface area contributed by atoms with E-state index in [1.54, 1.807) is 0 Å². The third-order valence-corrected chi connectivity index (χ3v) is 10.4. The quantitative estimate of drug-likeness (QED) is 0.209. The molecular formula is C45H69O3P. The van der Waals surface area contributed by atoms with Crippen LogP contribution in [0.5, 0.6) is 17.2 Å². The summed E-state index contributed by atoms with van der Waals surface area (Å²) in [5.74, 6) is 3.11. The summed E-state index contributed by atoms with van der Waals surface area (Å²) in [6.45, 7) is 41.8. The maximum Gasteiger partial charge on any atom is 0.530 e. The number of benzene rings is 3. The fourth-order valence-corrected chi connectivity index (χ4v) is 10.5. The molecule has 0 aromatic heterocycles. The Labute approximate surface area is 302 Å². The lowest BCUT2D eigenvalue weighted by molar-refractivity contribution is 0.172. The molecule has 0 radical (unpaired) electrons. The van der Waals surface area contributed by atoms with Gasteiger partial charge in [0.25, 0.3) is 0 Å². The summed E-state index contributed by atoms with van der Waals surface area (Å²) >= 11 is 0. The summed E-state index contributed by atoms with van der Waals surface area (Å²) in [5, 5.41) is 0. The topological polar surface area (TPSA) is 27.7 Å². The molecule has 3 nitrogen and oxygen atoms in total. The van der Waals surface area contributed by atoms with Gasteiger partial charge in [-0.1, -0.05) is 179 Å². The standard InChI is InChI=1S/C45H69O3P/c1-40(2,3)37(41(4,5)6)31-25-19-22-28-34(31)46-49(47-35-29-23-20-26-32(35)38(42(7,8)9)43(10,11)12)48-36-30-24-21-27-33(36)39(44(13,14)15)45(16,17)18/h19-30,37-39H,1-18H3. The molecule has 0 spiro atoms. The average Bonchev–Trinajstić information content (AvgIpc) is 2.87. The monoisotopic (exact) mass is 688 g/mol. The van der Waals surface area contributed by atoms with Gasteiger partial charge < -0.3 is 13.6 Å². The van der Waals surface area contributed by atoms with Gasteiger partial charge in [0.2, 0.25) is 0 Å². The highest BCUT2D eigenvalue weighted by Crippen LogP contribution is 2.56. The predicted molar refractivity (Wildman–Crippen MR) is 213 cm³/mol. The molecule has 0 saturated heterocycles. The predicted octanol–water partition coefficient (Wildman–Crippen LogP) is 15.0. The van der Waals surface area contributed by atoms with Gasteiger partial charge in [0, 0.05) is 0 Å². The van der Waals surface area contributed by atoms with Crippen LogP contribution in [0.2, 0.25) is 0 Å². The fourth-order valence-electron chi connectivity index (χ4n) is 9.40. The Balaban J connectivity index is 2.27. The van der Waals surface area contributed by atoms with Crippen molar-refractivity contribution in [2.45, 2.75) is 142 Å². The Bertz CT molecular complexity index is 1290. The number of para-hydroxylation sites is 3. The number of hydrogen-bond acceptors (Lipinski definition) is 3. The van der Waals surface area contributed by atoms with E-state index in [1.165, 1.54) is 16.7 Å². The maximum atomic E-state index is 7.06. The average molecular weight is 689 g/mol. The first kappa shape index (κ1) is 40.9. The Morgan fingerprint density at radius 3 is 0.694 bits per heavy atom. The summed E-state index contributed by atoms with van der Waals surface area (Å²) in [7, 11) is -1.93. The summed E-state index contributed by atoms with van der Waals surface area (Å²) in [6, 6.07) is 25.4. The van der Waals surface area contributed by atoms with Crippen molar-refractivity contribution >= 4 is 8.60 Å². The molecule has 0 aliphatic heterocycles. The van der Waals surface area contributed by atoms with Crippen LogP contribution in [0.1, 0.15) is 159 Å². The highest BCUT2D eigenvalue weighted by molar-refractivity contribution is 7.43. The van der Waals surface area contributed by atoms with Gasteiger partial charge >= 0.3 is 8.60 Å². The second kappa shape index (κ2) is 14.6. The third kappa shape index (κ3) is 10.5. The minimum atomic E-state index is -1.93. The smallest absolute Gasteiger partial charge is 0.408 e. The Morgan fingerprint density at radius 1 is 0.327 bits per heavy atom. The van der Waals surface area contributed by atoms with E-state index in [4.69, 9.17) is 13.6 Å². The van der Waals surface area contributed by atoms with Gasteiger partial charge in [-0.3, -0.25) is 0 Å². The van der Waals surface area contributed by atoms with E-state index in [-0.39, 0.29) is 50.2 Å². The molecule has 0 unspecified atom stereocenters. The van der Waals surface area contributed by atoms with Crippen LogP contribution in [-0.2, 0) is 0 Å². The lowest BCUT2D eigenvalue weighted by atomic mass is 9.63. The van der Waals surface area contributed by atoms with Crippen LogP contribution in [0.3, 0.4) is 0 Å². The van der Waals surface area contributed by atoms with Gasteiger partial charge in [-0.05, 0) is 85.1 Å². The fraction of sp³-hybridized carbons (Fsp3) is 0.600. The van der Waals surface area contributed by atoms with Crippen molar-refractivity contribution in [1.82, 2.24) is 0 Å². The Hall–Kier alpha value is -2.51. The molecule has 0 amide bonds. The molecule has 3 rings (SSSR count). The summed E-state index contributed by atoms with van der Waals surface area (Å²) in [5.41, 5.74) is 3.53. The van der Waals surface area contributed by atoms with Crippen LogP contribution in [0, 0.1) is 32.5 Å². The molecule has 0 heterocycles. The van der Waals surface area contributed by atoms with Crippen LogP contribution >= 0.6 is 8.60 Å². The van der Waals surface area contributed by atoms with E-state index >= 15 is 0 Å². The SMILES string of the molecule is CC(C)(C)C(c1ccccc1OP(Oc1ccccc1C(C(C)(C)C)C(C)(C)C)Oc1ccccc1C(C(C)(C)C)C(C)(C)C)C(C)(C)C. The molecule has 272 valence electrons. The molecule has 0 atom stereocenters. The molecule has 0 saturated carbocycles. The largest absolute Gasteiger partial charge is 0.530 e. The molecule has 0 N–H and O–H groups in total. The summed E-state index contributed by atoms with van der Waals surface area (Å²) < 4.78 is 21.2. The zero-order chi connectivity index (χ0) is 37.4. The second-order valence-electron chi connectivity index (χ2n) is 20.6. The first-order chi connectivity index (χ1) is 22.1. The summed E-state index contributed by atoms with van der Waals surface area (Å²) in [6.07, 6.45) is 0. The molecule has 0 aliphatic rings. The van der Waals surface area contributed by atoms with Crippen molar-refractivity contribution in [1.29, 1.82) is 0 Å². The van der Waals surface area contributed by atoms with Gasteiger partial charge in [0.1, 0.15) is 17.2 Å². The zero-order valence-electron chi connectivity index (χ0n) is 34.3. The Morgan fingerprint density at radius 2 is 0.510 bits per heavy atom. The summed E-state index contributed by atoms with van der Waals surface area (Å²) in [4.78, 5) is 0. The van der Waals surface area contributed by atoms with Crippen LogP contribution in [0.25, 0.3) is 0 Å². The van der Waals surface area contributed by atoms with Crippen molar-refractivity contribution in [3.8, 4) is 17.2 Å². The van der Waals surface area contributed by atoms with Gasteiger partial charge in [-0.25, -0.2) is 0 Å². The number of hydrogen-bond donors (Lipinski definition) is 0. The normalized spacial score (nSPS) is 13.8.